The van der Waals surface area contributed by atoms with E-state index in [2.05, 4.69) is 54.6 Å². The molecule has 0 heterocycles. The lowest BCUT2D eigenvalue weighted by molar-refractivity contribution is -0.125. The SMILES string of the molecule is C=C(C)C(NCCOc1c(CC)cccc1CCCNC(=O)CNC(=O)CC)C1CCCCC1. The largest absolute Gasteiger partial charge is 0.492 e. The first-order valence-electron chi connectivity index (χ1n) is 13.1. The second kappa shape index (κ2) is 15.5. The standard InChI is InChI=1S/C28H45N3O3/c1-5-22-14-10-15-24(16-11-17-29-26(33)20-31-25(32)6-2)28(22)34-19-18-30-27(21(3)4)23-12-8-7-9-13-23/h10,14-15,23,27,30H,3,5-9,11-13,16-20H2,1-2,4H3,(H,29,33)(H,31,32). The smallest absolute Gasteiger partial charge is 0.239 e. The molecule has 3 N–H and O–H groups in total. The van der Waals surface area contributed by atoms with Crippen LogP contribution >= 0.6 is 0 Å². The number of benzene rings is 1. The maximum atomic E-state index is 11.9. The van der Waals surface area contributed by atoms with E-state index in [4.69, 9.17) is 4.74 Å². The molecular weight excluding hydrogens is 426 g/mol. The molecule has 34 heavy (non-hydrogen) atoms. The van der Waals surface area contributed by atoms with Crippen LogP contribution in [0.15, 0.2) is 30.4 Å². The van der Waals surface area contributed by atoms with Gasteiger partial charge in [0.15, 0.2) is 0 Å². The van der Waals surface area contributed by atoms with E-state index in [-0.39, 0.29) is 18.4 Å². The summed E-state index contributed by atoms with van der Waals surface area (Å²) in [6, 6.07) is 6.70. The van der Waals surface area contributed by atoms with Gasteiger partial charge in [-0.05, 0) is 56.1 Å². The van der Waals surface area contributed by atoms with Crippen LogP contribution in [-0.2, 0) is 22.4 Å². The zero-order chi connectivity index (χ0) is 24.8. The van der Waals surface area contributed by atoms with Crippen LogP contribution in [0.2, 0.25) is 0 Å². The van der Waals surface area contributed by atoms with Crippen LogP contribution in [0.5, 0.6) is 5.75 Å². The average molecular weight is 472 g/mol. The first kappa shape index (κ1) is 27.9. The van der Waals surface area contributed by atoms with Gasteiger partial charge >= 0.3 is 0 Å². The molecule has 1 aliphatic rings. The maximum absolute atomic E-state index is 11.9. The second-order valence-electron chi connectivity index (χ2n) is 9.37. The molecule has 1 atom stereocenters. The minimum atomic E-state index is -0.156. The van der Waals surface area contributed by atoms with Crippen LogP contribution in [0.1, 0.15) is 76.8 Å². The quantitative estimate of drug-likeness (QED) is 0.263. The van der Waals surface area contributed by atoms with Crippen LogP contribution in [0, 0.1) is 5.92 Å². The van der Waals surface area contributed by atoms with Gasteiger partial charge in [-0.15, -0.1) is 0 Å². The Morgan fingerprint density at radius 3 is 2.47 bits per heavy atom. The van der Waals surface area contributed by atoms with E-state index in [1.165, 1.54) is 48.8 Å². The van der Waals surface area contributed by atoms with E-state index in [0.29, 0.717) is 31.5 Å². The van der Waals surface area contributed by atoms with Crippen molar-refractivity contribution >= 4 is 11.8 Å². The Bertz CT molecular complexity index is 787. The molecule has 0 aliphatic heterocycles. The molecule has 6 nitrogen and oxygen atoms in total. The molecule has 1 aromatic carbocycles. The highest BCUT2D eigenvalue weighted by Crippen LogP contribution is 2.29. The second-order valence-corrected chi connectivity index (χ2v) is 9.37. The minimum absolute atomic E-state index is 0.0331. The molecule has 1 aliphatic carbocycles. The first-order valence-corrected chi connectivity index (χ1v) is 13.1. The molecular formula is C28H45N3O3. The van der Waals surface area contributed by atoms with Crippen molar-refractivity contribution in [3.05, 3.63) is 41.5 Å². The fourth-order valence-corrected chi connectivity index (χ4v) is 4.75. The highest BCUT2D eigenvalue weighted by molar-refractivity contribution is 5.84. The van der Waals surface area contributed by atoms with Gasteiger partial charge in [-0.1, -0.05) is 63.5 Å². The van der Waals surface area contributed by atoms with Crippen molar-refractivity contribution in [2.45, 2.75) is 84.6 Å². The minimum Gasteiger partial charge on any atom is -0.492 e. The number of hydrogen-bond donors (Lipinski definition) is 3. The number of ether oxygens (including phenoxy) is 1. The summed E-state index contributed by atoms with van der Waals surface area (Å²) in [7, 11) is 0. The summed E-state index contributed by atoms with van der Waals surface area (Å²) >= 11 is 0. The van der Waals surface area contributed by atoms with Crippen molar-refractivity contribution in [3.63, 3.8) is 0 Å². The summed E-state index contributed by atoms with van der Waals surface area (Å²) in [5.41, 5.74) is 3.61. The highest BCUT2D eigenvalue weighted by Gasteiger charge is 2.23. The summed E-state index contributed by atoms with van der Waals surface area (Å²) < 4.78 is 6.31. The van der Waals surface area contributed by atoms with Crippen molar-refractivity contribution in [2.24, 2.45) is 5.92 Å². The van der Waals surface area contributed by atoms with Crippen LogP contribution in [-0.4, -0.2) is 44.1 Å². The lowest BCUT2D eigenvalue weighted by Gasteiger charge is -2.31. The third-order valence-electron chi connectivity index (χ3n) is 6.64. The van der Waals surface area contributed by atoms with Gasteiger partial charge < -0.3 is 20.7 Å². The van der Waals surface area contributed by atoms with Crippen molar-refractivity contribution in [2.75, 3.05) is 26.2 Å². The molecule has 1 saturated carbocycles. The van der Waals surface area contributed by atoms with Crippen molar-refractivity contribution in [1.82, 2.24) is 16.0 Å². The van der Waals surface area contributed by atoms with Gasteiger partial charge in [0.25, 0.3) is 0 Å². The van der Waals surface area contributed by atoms with Gasteiger partial charge in [0.2, 0.25) is 11.8 Å². The van der Waals surface area contributed by atoms with Crippen molar-refractivity contribution < 1.29 is 14.3 Å². The maximum Gasteiger partial charge on any atom is 0.239 e. The topological polar surface area (TPSA) is 79.5 Å². The monoisotopic (exact) mass is 471 g/mol. The molecule has 2 amide bonds. The molecule has 1 fully saturated rings. The Hall–Kier alpha value is -2.34. The van der Waals surface area contributed by atoms with Gasteiger partial charge in [-0.3, -0.25) is 9.59 Å². The predicted octanol–water partition coefficient (Wildman–Crippen LogP) is 4.32. The summed E-state index contributed by atoms with van der Waals surface area (Å²) in [5, 5.41) is 9.17. The summed E-state index contributed by atoms with van der Waals surface area (Å²) in [4.78, 5) is 23.1. The molecule has 0 saturated heterocycles. The Balaban J connectivity index is 1.82. The molecule has 0 spiro atoms. The number of amides is 2. The number of para-hydroxylation sites is 1. The van der Waals surface area contributed by atoms with E-state index >= 15 is 0 Å². The summed E-state index contributed by atoms with van der Waals surface area (Å²) in [6.07, 6.45) is 9.53. The van der Waals surface area contributed by atoms with Crippen LogP contribution in [0.4, 0.5) is 0 Å². The first-order chi connectivity index (χ1) is 16.5. The molecule has 2 rings (SSSR count). The number of nitrogens with one attached hydrogen (secondary N) is 3. The predicted molar refractivity (Wildman–Crippen MR) is 139 cm³/mol. The summed E-state index contributed by atoms with van der Waals surface area (Å²) in [6.45, 7) is 12.3. The Kier molecular flexibility index (Phi) is 12.8. The number of carbonyl (C=O) groups excluding carboxylic acids is 2. The zero-order valence-electron chi connectivity index (χ0n) is 21.5. The van der Waals surface area contributed by atoms with Crippen molar-refractivity contribution in [1.29, 1.82) is 0 Å². The fraction of sp³-hybridized carbons (Fsp3) is 0.643. The summed E-state index contributed by atoms with van der Waals surface area (Å²) in [5.74, 6) is 1.40. The number of rotatable bonds is 15. The lowest BCUT2D eigenvalue weighted by Crippen LogP contribution is -2.40. The van der Waals surface area contributed by atoms with Crippen LogP contribution in [0.25, 0.3) is 0 Å². The number of carbonyl (C=O) groups is 2. The highest BCUT2D eigenvalue weighted by atomic mass is 16.5. The van der Waals surface area contributed by atoms with Crippen LogP contribution in [0.3, 0.4) is 0 Å². The van der Waals surface area contributed by atoms with E-state index in [9.17, 15) is 9.59 Å². The fourth-order valence-electron chi connectivity index (χ4n) is 4.75. The molecule has 0 aromatic heterocycles. The normalized spacial score (nSPS) is 14.9. The molecule has 1 aromatic rings. The number of hydrogen-bond acceptors (Lipinski definition) is 4. The molecule has 1 unspecified atom stereocenters. The van der Waals surface area contributed by atoms with Gasteiger partial charge in [-0.2, -0.15) is 0 Å². The Labute approximate surface area is 206 Å². The van der Waals surface area contributed by atoms with E-state index < -0.39 is 0 Å². The average Bonchev–Trinajstić information content (AvgIpc) is 2.85. The third kappa shape index (κ3) is 9.49. The van der Waals surface area contributed by atoms with Gasteiger partial charge in [0.05, 0.1) is 6.54 Å². The number of aryl methyl sites for hydroxylation is 2. The zero-order valence-corrected chi connectivity index (χ0v) is 21.5. The molecule has 0 bridgehead atoms. The third-order valence-corrected chi connectivity index (χ3v) is 6.64. The molecule has 0 radical (unpaired) electrons. The van der Waals surface area contributed by atoms with E-state index in [1.807, 2.05) is 0 Å². The van der Waals surface area contributed by atoms with E-state index in [1.54, 1.807) is 6.92 Å². The lowest BCUT2D eigenvalue weighted by atomic mass is 9.81. The van der Waals surface area contributed by atoms with E-state index in [0.717, 1.165) is 31.6 Å². The van der Waals surface area contributed by atoms with Gasteiger partial charge in [-0.25, -0.2) is 0 Å². The van der Waals surface area contributed by atoms with Gasteiger partial charge in [0, 0.05) is 25.6 Å². The Morgan fingerprint density at radius 1 is 1.06 bits per heavy atom. The van der Waals surface area contributed by atoms with Crippen LogP contribution < -0.4 is 20.7 Å². The molecule has 6 heteroatoms. The van der Waals surface area contributed by atoms with Gasteiger partial charge in [0.1, 0.15) is 12.4 Å². The van der Waals surface area contributed by atoms with Crippen molar-refractivity contribution in [3.8, 4) is 5.75 Å². The molecule has 190 valence electrons. The Morgan fingerprint density at radius 2 is 1.79 bits per heavy atom.